The van der Waals surface area contributed by atoms with Crippen molar-refractivity contribution in [2.24, 2.45) is 0 Å². The number of likely N-dealkylation sites (N-methyl/N-ethyl adjacent to an activating group) is 1. The van der Waals surface area contributed by atoms with Crippen LogP contribution >= 0.6 is 0 Å². The first-order valence-electron chi connectivity index (χ1n) is 8.71. The highest BCUT2D eigenvalue weighted by Crippen LogP contribution is 2.24. The van der Waals surface area contributed by atoms with Crippen LogP contribution < -0.4 is 10.2 Å². The van der Waals surface area contributed by atoms with Gasteiger partial charge in [-0.15, -0.1) is 0 Å². The Morgan fingerprint density at radius 2 is 1.96 bits per heavy atom. The number of pyridine rings is 1. The highest BCUT2D eigenvalue weighted by atomic mass is 16.3. The van der Waals surface area contributed by atoms with Gasteiger partial charge in [0.2, 0.25) is 5.91 Å². The van der Waals surface area contributed by atoms with Crippen LogP contribution in [0.5, 0.6) is 0 Å². The summed E-state index contributed by atoms with van der Waals surface area (Å²) in [5.41, 5.74) is 2.02. The second-order valence-electron chi connectivity index (χ2n) is 6.77. The van der Waals surface area contributed by atoms with Crippen LogP contribution in [-0.2, 0) is 4.79 Å². The summed E-state index contributed by atoms with van der Waals surface area (Å²) in [7, 11) is 2.14. The number of amides is 1. The van der Waals surface area contributed by atoms with Crippen LogP contribution in [0.2, 0.25) is 0 Å². The molecule has 1 aliphatic heterocycles. The molecule has 1 aliphatic rings. The molecule has 3 heterocycles. The van der Waals surface area contributed by atoms with Crippen LogP contribution in [0, 0.1) is 13.8 Å². The summed E-state index contributed by atoms with van der Waals surface area (Å²) in [4.78, 5) is 21.5. The maximum absolute atomic E-state index is 12.5. The predicted octanol–water partition coefficient (Wildman–Crippen LogP) is 2.79. The zero-order valence-corrected chi connectivity index (χ0v) is 15.4. The number of rotatable bonds is 4. The maximum atomic E-state index is 12.5. The zero-order valence-electron chi connectivity index (χ0n) is 15.4. The third-order valence-corrected chi connectivity index (χ3v) is 4.81. The van der Waals surface area contributed by atoms with Crippen molar-refractivity contribution in [3.8, 4) is 0 Å². The Balaban J connectivity index is 1.63. The Bertz CT molecular complexity index is 730. The molecule has 0 radical (unpaired) electrons. The van der Waals surface area contributed by atoms with E-state index >= 15 is 0 Å². The summed E-state index contributed by atoms with van der Waals surface area (Å²) in [5, 5.41) is 2.90. The van der Waals surface area contributed by atoms with E-state index in [1.165, 1.54) is 0 Å². The number of hydrogen-bond acceptors (Lipinski definition) is 5. The van der Waals surface area contributed by atoms with Crippen LogP contribution in [0.4, 0.5) is 11.5 Å². The number of aromatic nitrogens is 1. The molecule has 0 spiro atoms. The van der Waals surface area contributed by atoms with E-state index in [4.69, 9.17) is 4.42 Å². The van der Waals surface area contributed by atoms with Crippen molar-refractivity contribution in [2.45, 2.75) is 26.7 Å². The van der Waals surface area contributed by atoms with Crippen molar-refractivity contribution in [3.05, 3.63) is 41.5 Å². The normalized spacial score (nSPS) is 16.7. The number of carbonyl (C=O) groups excluding carboxylic acids is 1. The molecule has 134 valence electrons. The summed E-state index contributed by atoms with van der Waals surface area (Å²) in [6.07, 6.45) is 1.83. The van der Waals surface area contributed by atoms with E-state index in [9.17, 15) is 4.79 Å². The van der Waals surface area contributed by atoms with Crippen LogP contribution in [-0.4, -0.2) is 49.0 Å². The minimum Gasteiger partial charge on any atom is -0.466 e. The topological polar surface area (TPSA) is 61.6 Å². The van der Waals surface area contributed by atoms with Crippen molar-refractivity contribution in [1.82, 2.24) is 9.88 Å². The molecule has 0 aromatic carbocycles. The maximum Gasteiger partial charge on any atom is 0.232 e. The minimum atomic E-state index is -0.281. The average molecular weight is 342 g/mol. The second kappa shape index (κ2) is 7.27. The summed E-state index contributed by atoms with van der Waals surface area (Å²) in [6.45, 7) is 9.76. The SMILES string of the molecule is Cc1cc(C(C)C(=O)Nc2ccc(N3CCN(C)CC3)cn2)c(C)o1. The largest absolute Gasteiger partial charge is 0.466 e. The van der Waals surface area contributed by atoms with E-state index < -0.39 is 0 Å². The molecule has 2 aromatic heterocycles. The number of anilines is 2. The Morgan fingerprint density at radius 3 is 2.52 bits per heavy atom. The van der Waals surface area contributed by atoms with Crippen molar-refractivity contribution in [2.75, 3.05) is 43.4 Å². The van der Waals surface area contributed by atoms with Gasteiger partial charge in [0, 0.05) is 31.7 Å². The van der Waals surface area contributed by atoms with Gasteiger partial charge in [0.15, 0.2) is 0 Å². The highest BCUT2D eigenvalue weighted by Gasteiger charge is 2.21. The van der Waals surface area contributed by atoms with Crippen molar-refractivity contribution >= 4 is 17.4 Å². The van der Waals surface area contributed by atoms with E-state index in [1.54, 1.807) is 0 Å². The lowest BCUT2D eigenvalue weighted by molar-refractivity contribution is -0.117. The molecule has 25 heavy (non-hydrogen) atoms. The Kier molecular flexibility index (Phi) is 5.08. The lowest BCUT2D eigenvalue weighted by atomic mass is 10.0. The van der Waals surface area contributed by atoms with Crippen LogP contribution in [0.1, 0.15) is 29.9 Å². The van der Waals surface area contributed by atoms with Gasteiger partial charge >= 0.3 is 0 Å². The summed E-state index contributed by atoms with van der Waals surface area (Å²) < 4.78 is 5.52. The number of aryl methyl sites for hydroxylation is 2. The van der Waals surface area contributed by atoms with Crippen molar-refractivity contribution in [1.29, 1.82) is 0 Å². The first-order valence-corrected chi connectivity index (χ1v) is 8.71. The van der Waals surface area contributed by atoms with Crippen LogP contribution in [0.25, 0.3) is 0 Å². The van der Waals surface area contributed by atoms with Crippen molar-refractivity contribution < 1.29 is 9.21 Å². The lowest BCUT2D eigenvalue weighted by Crippen LogP contribution is -2.44. The van der Waals surface area contributed by atoms with Crippen LogP contribution in [0.3, 0.4) is 0 Å². The van der Waals surface area contributed by atoms with Gasteiger partial charge in [0.25, 0.3) is 0 Å². The van der Waals surface area contributed by atoms with Gasteiger partial charge in [-0.1, -0.05) is 0 Å². The molecule has 2 aromatic rings. The molecular weight excluding hydrogens is 316 g/mol. The second-order valence-corrected chi connectivity index (χ2v) is 6.77. The molecule has 0 bridgehead atoms. The van der Waals surface area contributed by atoms with E-state index in [0.29, 0.717) is 5.82 Å². The zero-order chi connectivity index (χ0) is 18.0. The molecule has 0 aliphatic carbocycles. The number of nitrogens with one attached hydrogen (secondary N) is 1. The Labute approximate surface area is 148 Å². The number of piperazine rings is 1. The van der Waals surface area contributed by atoms with Gasteiger partial charge < -0.3 is 19.5 Å². The number of carbonyl (C=O) groups is 1. The van der Waals surface area contributed by atoms with Gasteiger partial charge in [-0.05, 0) is 46.0 Å². The van der Waals surface area contributed by atoms with E-state index in [2.05, 4.69) is 27.1 Å². The molecule has 1 unspecified atom stereocenters. The fourth-order valence-corrected chi connectivity index (χ4v) is 3.17. The van der Waals surface area contributed by atoms with Gasteiger partial charge in [-0.3, -0.25) is 4.79 Å². The molecule has 1 atom stereocenters. The molecule has 3 rings (SSSR count). The Hall–Kier alpha value is -2.34. The third kappa shape index (κ3) is 4.02. The van der Waals surface area contributed by atoms with E-state index in [1.807, 2.05) is 45.2 Å². The molecule has 6 nitrogen and oxygen atoms in total. The third-order valence-electron chi connectivity index (χ3n) is 4.81. The fourth-order valence-electron chi connectivity index (χ4n) is 3.17. The molecule has 1 amide bonds. The molecular formula is C19H26N4O2. The predicted molar refractivity (Wildman–Crippen MR) is 99.2 cm³/mol. The first kappa shape index (κ1) is 17.5. The standard InChI is InChI=1S/C19H26N4O2/c1-13-11-17(15(3)25-13)14(2)19(24)21-18-6-5-16(12-20-18)23-9-7-22(4)8-10-23/h5-6,11-12,14H,7-10H2,1-4H3,(H,20,21,24). The number of nitrogens with zero attached hydrogens (tertiary/aromatic N) is 3. The monoisotopic (exact) mass is 342 g/mol. The van der Waals surface area contributed by atoms with Crippen molar-refractivity contribution in [3.63, 3.8) is 0 Å². The van der Waals surface area contributed by atoms with Gasteiger partial charge in [0.05, 0.1) is 17.8 Å². The minimum absolute atomic E-state index is 0.0799. The summed E-state index contributed by atoms with van der Waals surface area (Å²) >= 11 is 0. The van der Waals surface area contributed by atoms with Gasteiger partial charge in [-0.25, -0.2) is 4.98 Å². The first-order chi connectivity index (χ1) is 11.9. The molecule has 6 heteroatoms. The highest BCUT2D eigenvalue weighted by molar-refractivity contribution is 5.95. The average Bonchev–Trinajstić information content (AvgIpc) is 2.94. The van der Waals surface area contributed by atoms with Gasteiger partial charge in [0.1, 0.15) is 17.3 Å². The summed E-state index contributed by atoms with van der Waals surface area (Å²) in [5.74, 6) is 1.83. The number of furan rings is 1. The molecule has 1 N–H and O–H groups in total. The molecule has 0 saturated carbocycles. The van der Waals surface area contributed by atoms with E-state index in [0.717, 1.165) is 49.0 Å². The molecule has 1 saturated heterocycles. The smallest absolute Gasteiger partial charge is 0.232 e. The van der Waals surface area contributed by atoms with Crippen LogP contribution in [0.15, 0.2) is 28.8 Å². The van der Waals surface area contributed by atoms with E-state index in [-0.39, 0.29) is 11.8 Å². The fraction of sp³-hybridized carbons (Fsp3) is 0.474. The lowest BCUT2D eigenvalue weighted by Gasteiger charge is -2.33. The Morgan fingerprint density at radius 1 is 1.24 bits per heavy atom. The quantitative estimate of drug-likeness (QED) is 0.926. The molecule has 1 fully saturated rings. The summed E-state index contributed by atoms with van der Waals surface area (Å²) in [6, 6.07) is 5.81. The van der Waals surface area contributed by atoms with Gasteiger partial charge in [-0.2, -0.15) is 0 Å². The number of hydrogen-bond donors (Lipinski definition) is 1.